The normalized spacial score (nSPS) is 9.23. The summed E-state index contributed by atoms with van der Waals surface area (Å²) >= 11 is 0. The molecule has 0 saturated carbocycles. The van der Waals surface area contributed by atoms with Crippen molar-refractivity contribution in [3.8, 4) is 6.07 Å². The number of hydrogen-bond donors (Lipinski definition) is 0. The lowest BCUT2D eigenvalue weighted by molar-refractivity contribution is 0.916. The minimum absolute atomic E-state index is 0.672. The molecule has 13 heavy (non-hydrogen) atoms. The number of hydrogen-bond acceptors (Lipinski definition) is 1. The van der Waals surface area contributed by atoms with Gasteiger partial charge in [0.25, 0.3) is 0 Å². The molecular weight excluding hydrogens is 158 g/mol. The first-order chi connectivity index (χ1) is 6.31. The molecule has 1 heteroatoms. The van der Waals surface area contributed by atoms with Gasteiger partial charge in [-0.15, -0.1) is 0 Å². The quantitative estimate of drug-likeness (QED) is 0.684. The first-order valence-corrected chi connectivity index (χ1v) is 4.38. The third-order valence-corrected chi connectivity index (χ3v) is 1.95. The van der Waals surface area contributed by atoms with Gasteiger partial charge in [-0.2, -0.15) is 5.26 Å². The van der Waals surface area contributed by atoms with Crippen LogP contribution < -0.4 is 0 Å². The highest BCUT2D eigenvalue weighted by atomic mass is 14.2. The first kappa shape index (κ1) is 9.54. The second-order valence-electron chi connectivity index (χ2n) is 2.91. The number of nitriles is 1. The molecule has 1 aromatic rings. The van der Waals surface area contributed by atoms with E-state index in [0.717, 1.165) is 18.4 Å². The number of aryl methyl sites for hydroxylation is 1. The van der Waals surface area contributed by atoms with E-state index >= 15 is 0 Å². The van der Waals surface area contributed by atoms with Crippen LogP contribution in [0.25, 0.3) is 0 Å². The SMILES string of the molecule is C=[C]c1cc(C#N)ccc1CCC. The summed E-state index contributed by atoms with van der Waals surface area (Å²) in [6.45, 7) is 5.74. The van der Waals surface area contributed by atoms with Crippen molar-refractivity contribution in [1.29, 1.82) is 5.26 Å². The summed E-state index contributed by atoms with van der Waals surface area (Å²) in [6, 6.07) is 7.76. The lowest BCUT2D eigenvalue weighted by Gasteiger charge is -2.03. The fourth-order valence-corrected chi connectivity index (χ4v) is 1.30. The van der Waals surface area contributed by atoms with E-state index in [1.54, 1.807) is 0 Å². The number of benzene rings is 1. The summed E-state index contributed by atoms with van der Waals surface area (Å²) in [5, 5.41) is 8.68. The van der Waals surface area contributed by atoms with Crippen molar-refractivity contribution in [3.63, 3.8) is 0 Å². The molecule has 0 aliphatic rings. The Morgan fingerprint density at radius 1 is 1.46 bits per heavy atom. The molecule has 1 radical (unpaired) electrons. The van der Waals surface area contributed by atoms with Crippen LogP contribution in [0.1, 0.15) is 30.0 Å². The van der Waals surface area contributed by atoms with Crippen LogP contribution >= 0.6 is 0 Å². The molecular formula is C12H12N. The minimum atomic E-state index is 0.672. The Morgan fingerprint density at radius 2 is 2.23 bits per heavy atom. The highest BCUT2D eigenvalue weighted by Gasteiger charge is 1.99. The van der Waals surface area contributed by atoms with Gasteiger partial charge in [0.15, 0.2) is 0 Å². The van der Waals surface area contributed by atoms with Gasteiger partial charge in [0, 0.05) is 0 Å². The van der Waals surface area contributed by atoms with Crippen LogP contribution in [-0.4, -0.2) is 0 Å². The van der Waals surface area contributed by atoms with Crippen molar-refractivity contribution >= 4 is 0 Å². The van der Waals surface area contributed by atoms with Gasteiger partial charge in [0.05, 0.1) is 11.6 Å². The molecule has 0 bridgehead atoms. The van der Waals surface area contributed by atoms with E-state index in [9.17, 15) is 0 Å². The summed E-state index contributed by atoms with van der Waals surface area (Å²) in [7, 11) is 0. The third-order valence-electron chi connectivity index (χ3n) is 1.95. The van der Waals surface area contributed by atoms with Crippen molar-refractivity contribution in [1.82, 2.24) is 0 Å². The zero-order chi connectivity index (χ0) is 9.68. The van der Waals surface area contributed by atoms with Crippen molar-refractivity contribution in [2.45, 2.75) is 19.8 Å². The van der Waals surface area contributed by atoms with E-state index < -0.39 is 0 Å². The van der Waals surface area contributed by atoms with Gasteiger partial charge in [0.2, 0.25) is 0 Å². The van der Waals surface area contributed by atoms with E-state index in [0.29, 0.717) is 5.56 Å². The molecule has 0 N–H and O–H groups in total. The second kappa shape index (κ2) is 4.47. The van der Waals surface area contributed by atoms with E-state index in [1.165, 1.54) is 5.56 Å². The molecule has 0 spiro atoms. The summed E-state index contributed by atoms with van der Waals surface area (Å²) in [5.41, 5.74) is 2.85. The smallest absolute Gasteiger partial charge is 0.0991 e. The van der Waals surface area contributed by atoms with Gasteiger partial charge in [0.1, 0.15) is 0 Å². The largest absolute Gasteiger partial charge is 0.192 e. The zero-order valence-corrected chi connectivity index (χ0v) is 7.80. The van der Waals surface area contributed by atoms with Crippen LogP contribution in [-0.2, 0) is 6.42 Å². The maximum Gasteiger partial charge on any atom is 0.0991 e. The minimum Gasteiger partial charge on any atom is -0.192 e. The monoisotopic (exact) mass is 170 g/mol. The Balaban J connectivity index is 3.09. The summed E-state index contributed by atoms with van der Waals surface area (Å²) in [4.78, 5) is 0. The van der Waals surface area contributed by atoms with E-state index in [4.69, 9.17) is 5.26 Å². The second-order valence-corrected chi connectivity index (χ2v) is 2.91. The van der Waals surface area contributed by atoms with Crippen molar-refractivity contribution < 1.29 is 0 Å². The van der Waals surface area contributed by atoms with Crippen LogP contribution in [0.2, 0.25) is 0 Å². The molecule has 65 valence electrons. The average Bonchev–Trinajstić information content (AvgIpc) is 2.19. The van der Waals surface area contributed by atoms with Gasteiger partial charge in [-0.05, 0) is 35.8 Å². The van der Waals surface area contributed by atoms with Gasteiger partial charge >= 0.3 is 0 Å². The standard InChI is InChI=1S/C12H12N/c1-3-5-12-7-6-10(9-13)8-11(12)4-2/h6-8H,2-3,5H2,1H3. The zero-order valence-electron chi connectivity index (χ0n) is 7.80. The predicted octanol–water partition coefficient (Wildman–Crippen LogP) is 2.85. The Kier molecular flexibility index (Phi) is 3.28. The fraction of sp³-hybridized carbons (Fsp3) is 0.250. The van der Waals surface area contributed by atoms with Crippen molar-refractivity contribution in [3.05, 3.63) is 47.5 Å². The van der Waals surface area contributed by atoms with Crippen molar-refractivity contribution in [2.24, 2.45) is 0 Å². The Morgan fingerprint density at radius 3 is 2.77 bits per heavy atom. The summed E-state index contributed by atoms with van der Waals surface area (Å²) in [6.07, 6.45) is 4.97. The molecule has 0 unspecified atom stereocenters. The summed E-state index contributed by atoms with van der Waals surface area (Å²) in [5.74, 6) is 0. The molecule has 0 aliphatic heterocycles. The predicted molar refractivity (Wildman–Crippen MR) is 53.1 cm³/mol. The maximum absolute atomic E-state index is 8.68. The molecule has 0 saturated heterocycles. The van der Waals surface area contributed by atoms with Crippen LogP contribution in [0.15, 0.2) is 24.8 Å². The molecule has 0 atom stereocenters. The molecule has 1 aromatic carbocycles. The van der Waals surface area contributed by atoms with E-state index in [-0.39, 0.29) is 0 Å². The first-order valence-electron chi connectivity index (χ1n) is 4.38. The van der Waals surface area contributed by atoms with Gasteiger partial charge < -0.3 is 0 Å². The highest BCUT2D eigenvalue weighted by Crippen LogP contribution is 2.13. The molecule has 0 amide bonds. The van der Waals surface area contributed by atoms with Gasteiger partial charge in [-0.3, -0.25) is 0 Å². The van der Waals surface area contributed by atoms with Crippen LogP contribution in [0.4, 0.5) is 0 Å². The molecule has 0 aliphatic carbocycles. The summed E-state index contributed by atoms with van der Waals surface area (Å²) < 4.78 is 0. The average molecular weight is 170 g/mol. The molecule has 1 nitrogen and oxygen atoms in total. The van der Waals surface area contributed by atoms with Gasteiger partial charge in [-0.1, -0.05) is 26.0 Å². The Labute approximate surface area is 79.3 Å². The highest BCUT2D eigenvalue weighted by molar-refractivity contribution is 5.40. The van der Waals surface area contributed by atoms with Gasteiger partial charge in [-0.25, -0.2) is 0 Å². The van der Waals surface area contributed by atoms with E-state index in [2.05, 4.69) is 25.6 Å². The molecule has 1 rings (SSSR count). The van der Waals surface area contributed by atoms with Crippen LogP contribution in [0, 0.1) is 17.4 Å². The fourth-order valence-electron chi connectivity index (χ4n) is 1.30. The topological polar surface area (TPSA) is 23.8 Å². The third kappa shape index (κ3) is 2.19. The lowest BCUT2D eigenvalue weighted by atomic mass is 10.0. The molecule has 0 fully saturated rings. The molecule has 0 aromatic heterocycles. The van der Waals surface area contributed by atoms with Crippen molar-refractivity contribution in [2.75, 3.05) is 0 Å². The Bertz CT molecular complexity index is 345. The van der Waals surface area contributed by atoms with Crippen LogP contribution in [0.3, 0.4) is 0 Å². The number of nitrogens with zero attached hydrogens (tertiary/aromatic N) is 1. The number of rotatable bonds is 3. The maximum atomic E-state index is 8.68. The van der Waals surface area contributed by atoms with Crippen LogP contribution in [0.5, 0.6) is 0 Å². The molecule has 0 heterocycles. The lowest BCUT2D eigenvalue weighted by Crippen LogP contribution is -1.90. The Hall–Kier alpha value is -1.55. The van der Waals surface area contributed by atoms with E-state index in [1.807, 2.05) is 18.2 Å².